The molecule has 0 saturated heterocycles. The van der Waals surface area contributed by atoms with Gasteiger partial charge in [-0.2, -0.15) is 0 Å². The zero-order valence-electron chi connectivity index (χ0n) is 61.6. The van der Waals surface area contributed by atoms with E-state index in [1.807, 2.05) is 66.7 Å². The maximum Gasteiger partial charge on any atom is 0.135 e. The Morgan fingerprint density at radius 3 is 1.17 bits per heavy atom. The Morgan fingerprint density at radius 1 is 0.358 bits per heavy atom. The summed E-state index contributed by atoms with van der Waals surface area (Å²) in [5.41, 5.74) is 26.9. The lowest BCUT2D eigenvalue weighted by molar-refractivity contribution is 0.362. The first-order valence-electron chi connectivity index (χ1n) is 38.1. The van der Waals surface area contributed by atoms with Crippen molar-refractivity contribution < 1.29 is 8.83 Å². The molecule has 5 atom stereocenters. The number of aromatic nitrogens is 2. The molecule has 0 radical (unpaired) electrons. The zero-order chi connectivity index (χ0) is 71.9. The van der Waals surface area contributed by atoms with Gasteiger partial charge < -0.3 is 35.4 Å². The molecule has 0 unspecified atom stereocenters. The van der Waals surface area contributed by atoms with E-state index >= 15 is 0 Å². The van der Waals surface area contributed by atoms with Crippen LogP contribution in [-0.2, 0) is 64.2 Å². The number of benzene rings is 6. The number of nitrogens with one attached hydrogen (secondary N) is 5. The summed E-state index contributed by atoms with van der Waals surface area (Å²) in [5, 5.41) is 21.4. The molecular formula is C91H94N12O2S. The standard InChI is InChI=1S/C21H20N2O.2C18H19N3.C17H18N2O.C17H18N2S/c1-14-22-13-21(23-14)10-9-17-16(12-21)6-4-7-18(17)20-11-15-5-2-3-8-19(15)24-20;1-13-20-12-18(21-13)8-7-17-14(10-18)4-2-6-16(17)15-5-3-9-19-11-15;1-13-20-12-18(21-13)8-5-17-15(11-18)3-2-4-16(17)14-6-9-19-10-7-14;1-12-18-11-17(19-12)7-5-16-13(9-17)3-2-4-15(16)14-6-8-20-10-14;1-12-18-11-17(19-12)8-7-14-13(10-17)4-2-5-15(14)16-6-3-9-20-16/h2-8,11H,9-10,12-13H2,1H3,(H,22,23);2-6,9,11H,7-8,10,12H2,1H3,(H,20,21);2-4,6-7,9-10H,5,8,11-12H2,1H3,(H,20,21);2-4,6,8,10H,5,7,9,11H2,1H3,(H,18,19);2-6,9H,7-8,10-11H2,1H3,(H,18,19)/t21-;2*18-;2*17-/m00000/s1. The molecule has 536 valence electrons. The van der Waals surface area contributed by atoms with Gasteiger partial charge in [-0.25, -0.2) is 0 Å². The maximum atomic E-state index is 6.12. The summed E-state index contributed by atoms with van der Waals surface area (Å²) >= 11 is 1.83. The maximum absolute atomic E-state index is 6.12. The minimum absolute atomic E-state index is 0.129. The molecule has 5 aliphatic heterocycles. The average molecular weight is 1420 g/mol. The number of thiophene rings is 1. The van der Waals surface area contributed by atoms with E-state index in [0.29, 0.717) is 0 Å². The second-order valence-corrected chi connectivity index (χ2v) is 32.2. The molecule has 10 aliphatic rings. The first kappa shape index (κ1) is 68.6. The summed E-state index contributed by atoms with van der Waals surface area (Å²) in [6.45, 7) is 14.9. The number of para-hydroxylation sites is 1. The highest BCUT2D eigenvalue weighted by atomic mass is 32.1. The monoisotopic (exact) mass is 1420 g/mol. The van der Waals surface area contributed by atoms with Gasteiger partial charge in [-0.15, -0.1) is 11.3 Å². The van der Waals surface area contributed by atoms with Crippen molar-refractivity contribution in [2.45, 2.75) is 159 Å². The van der Waals surface area contributed by atoms with Gasteiger partial charge >= 0.3 is 0 Å². The highest BCUT2D eigenvalue weighted by Gasteiger charge is 2.43. The molecule has 5 spiro atoms. The average Bonchev–Trinajstić information content (AvgIpc) is 1.55. The Balaban J connectivity index is 0.0000000977. The lowest BCUT2D eigenvalue weighted by atomic mass is 9.76. The fourth-order valence-corrected chi connectivity index (χ4v) is 19.5. The molecule has 0 amide bonds. The Bertz CT molecular complexity index is 4950. The van der Waals surface area contributed by atoms with E-state index in [9.17, 15) is 0 Å². The Morgan fingerprint density at radius 2 is 0.774 bits per heavy atom. The van der Waals surface area contributed by atoms with Gasteiger partial charge in [0.25, 0.3) is 0 Å². The molecule has 14 nitrogen and oxygen atoms in total. The Hall–Kier alpha value is -10.5. The molecule has 6 aromatic carbocycles. The van der Waals surface area contributed by atoms with Crippen molar-refractivity contribution in [2.24, 2.45) is 25.0 Å². The number of aliphatic imine (C=N–C) groups is 5. The largest absolute Gasteiger partial charge is 0.472 e. The summed E-state index contributed by atoms with van der Waals surface area (Å²) in [7, 11) is 0. The molecule has 5 N–H and O–H groups in total. The number of pyridine rings is 2. The summed E-state index contributed by atoms with van der Waals surface area (Å²) in [4.78, 5) is 32.6. The van der Waals surface area contributed by atoms with E-state index in [-0.39, 0.29) is 27.7 Å². The minimum Gasteiger partial charge on any atom is -0.472 e. The highest BCUT2D eigenvalue weighted by Crippen LogP contribution is 2.44. The van der Waals surface area contributed by atoms with E-state index in [4.69, 9.17) is 8.83 Å². The lowest BCUT2D eigenvalue weighted by Gasteiger charge is -2.35. The number of fused-ring (bicyclic) bond motifs is 6. The van der Waals surface area contributed by atoms with E-state index in [1.54, 1.807) is 11.8 Å². The summed E-state index contributed by atoms with van der Waals surface area (Å²) in [6.07, 6.45) is 27.8. The molecule has 10 heterocycles. The summed E-state index contributed by atoms with van der Waals surface area (Å²) < 4.78 is 11.4. The summed E-state index contributed by atoms with van der Waals surface area (Å²) in [5.74, 6) is 6.41. The third-order valence-corrected chi connectivity index (χ3v) is 24.8. The van der Waals surface area contributed by atoms with Crippen LogP contribution in [0.2, 0.25) is 0 Å². The van der Waals surface area contributed by atoms with Gasteiger partial charge in [0.2, 0.25) is 0 Å². The van der Waals surface area contributed by atoms with Crippen LogP contribution >= 0.6 is 11.3 Å². The van der Waals surface area contributed by atoms with Gasteiger partial charge in [0.05, 0.1) is 102 Å². The van der Waals surface area contributed by atoms with Gasteiger partial charge in [0.1, 0.15) is 11.3 Å². The molecular weight excluding hydrogens is 1330 g/mol. The van der Waals surface area contributed by atoms with Crippen molar-refractivity contribution in [2.75, 3.05) is 32.7 Å². The first-order valence-corrected chi connectivity index (χ1v) is 39.0. The van der Waals surface area contributed by atoms with Crippen LogP contribution in [0.5, 0.6) is 0 Å². The predicted octanol–water partition coefficient (Wildman–Crippen LogP) is 17.2. The highest BCUT2D eigenvalue weighted by molar-refractivity contribution is 7.13. The zero-order valence-corrected chi connectivity index (χ0v) is 62.4. The van der Waals surface area contributed by atoms with Crippen LogP contribution in [0.4, 0.5) is 0 Å². The molecule has 11 aromatic rings. The van der Waals surface area contributed by atoms with Crippen molar-refractivity contribution in [3.63, 3.8) is 0 Å². The lowest BCUT2D eigenvalue weighted by Crippen LogP contribution is -2.49. The van der Waals surface area contributed by atoms with Crippen LogP contribution in [0, 0.1) is 0 Å². The van der Waals surface area contributed by atoms with Crippen LogP contribution in [-0.4, -0.2) is 99.6 Å². The van der Waals surface area contributed by atoms with Crippen LogP contribution in [0.25, 0.3) is 66.1 Å². The smallest absolute Gasteiger partial charge is 0.135 e. The first-order chi connectivity index (χ1) is 51.8. The van der Waals surface area contributed by atoms with E-state index < -0.39 is 0 Å². The second-order valence-electron chi connectivity index (χ2n) is 31.3. The van der Waals surface area contributed by atoms with Gasteiger partial charge in [0.15, 0.2) is 0 Å². The third kappa shape index (κ3) is 14.1. The SMILES string of the molecule is CC1=NC[C@@]2(CCc3c(cccc3-c3cc4ccccc4o3)C2)N1.CC1=NC[C@@]2(CCc3c(cccc3-c3cccnc3)C2)N1.CC1=NC[C@@]2(CCc3c(cccc3-c3cccs3)C2)N1.CC1=NC[C@@]2(CCc3c(cccc3-c3ccncc3)C2)N1.CC1=NC[C@@]2(CCc3c(cccc3-c3ccoc3)C2)N1. The van der Waals surface area contributed by atoms with Gasteiger partial charge in [-0.3, -0.25) is 34.9 Å². The molecule has 0 fully saturated rings. The molecule has 21 rings (SSSR count). The fourth-order valence-electron chi connectivity index (χ4n) is 18.7. The van der Waals surface area contributed by atoms with Crippen molar-refractivity contribution in [1.29, 1.82) is 0 Å². The van der Waals surface area contributed by atoms with Gasteiger partial charge in [-0.05, 0) is 262 Å². The van der Waals surface area contributed by atoms with Crippen molar-refractivity contribution >= 4 is 51.5 Å². The Kier molecular flexibility index (Phi) is 18.6. The molecule has 0 bridgehead atoms. The van der Waals surface area contributed by atoms with Crippen LogP contribution in [0.15, 0.2) is 240 Å². The molecule has 5 aliphatic carbocycles. The normalized spacial score (nSPS) is 23.6. The minimum atomic E-state index is 0.129. The van der Waals surface area contributed by atoms with Crippen LogP contribution in [0.3, 0.4) is 0 Å². The molecule has 15 heteroatoms. The number of furan rings is 2. The van der Waals surface area contributed by atoms with E-state index in [0.717, 1.165) is 163 Å². The van der Waals surface area contributed by atoms with Gasteiger partial charge in [-0.1, -0.05) is 121 Å². The van der Waals surface area contributed by atoms with Crippen LogP contribution < -0.4 is 26.6 Å². The second kappa shape index (κ2) is 28.7. The molecule has 106 heavy (non-hydrogen) atoms. The number of amidine groups is 5. The third-order valence-electron chi connectivity index (χ3n) is 23.9. The predicted molar refractivity (Wildman–Crippen MR) is 434 cm³/mol. The fraction of sp³-hybridized carbons (Fsp3) is 0.330. The topological polar surface area (TPSA) is 174 Å². The van der Waals surface area contributed by atoms with Crippen LogP contribution in [0.1, 0.15) is 122 Å². The molecule has 0 saturated carbocycles. The number of rotatable bonds is 5. The Labute approximate surface area is 626 Å². The summed E-state index contributed by atoms with van der Waals surface area (Å²) in [6, 6.07) is 58.5. The van der Waals surface area contributed by atoms with E-state index in [2.05, 4.69) is 241 Å². The van der Waals surface area contributed by atoms with Crippen molar-refractivity contribution in [3.8, 4) is 55.1 Å². The van der Waals surface area contributed by atoms with Crippen molar-refractivity contribution in [3.05, 3.63) is 262 Å². The van der Waals surface area contributed by atoms with Gasteiger partial charge in [0, 0.05) is 51.7 Å². The number of hydrogen-bond acceptors (Lipinski definition) is 15. The number of nitrogens with zero attached hydrogens (tertiary/aromatic N) is 7. The van der Waals surface area contributed by atoms with Crippen molar-refractivity contribution in [1.82, 2.24) is 36.6 Å². The van der Waals surface area contributed by atoms with E-state index in [1.165, 1.54) is 111 Å². The number of hydrogen-bond donors (Lipinski definition) is 5. The molecule has 5 aromatic heterocycles. The quantitative estimate of drug-likeness (QED) is 0.112.